The van der Waals surface area contributed by atoms with E-state index in [1.807, 2.05) is 24.3 Å². The van der Waals surface area contributed by atoms with E-state index in [4.69, 9.17) is 9.84 Å². The molecule has 1 saturated carbocycles. The first-order valence-electron chi connectivity index (χ1n) is 11.5. The average Bonchev–Trinajstić information content (AvgIpc) is 3.11. The third-order valence-electron chi connectivity index (χ3n) is 6.71. The summed E-state index contributed by atoms with van der Waals surface area (Å²) in [6, 6.07) is 16.5. The molecular weight excluding hydrogens is 420 g/mol. The third-order valence-corrected chi connectivity index (χ3v) is 6.71. The molecule has 2 aliphatic carbocycles. The van der Waals surface area contributed by atoms with Gasteiger partial charge in [0.1, 0.15) is 6.61 Å². The van der Waals surface area contributed by atoms with Crippen molar-refractivity contribution >= 4 is 18.0 Å². The van der Waals surface area contributed by atoms with Gasteiger partial charge in [0.25, 0.3) is 0 Å². The molecule has 7 heteroatoms. The highest BCUT2D eigenvalue weighted by Gasteiger charge is 2.32. The molecule has 0 aromatic heterocycles. The second-order valence-corrected chi connectivity index (χ2v) is 9.16. The number of hydrogen-bond acceptors (Lipinski definition) is 4. The second-order valence-electron chi connectivity index (χ2n) is 9.16. The van der Waals surface area contributed by atoms with Crippen LogP contribution in [0.4, 0.5) is 4.79 Å². The molecular formula is C26H30N2O5. The number of aliphatic carboxylic acids is 1. The molecule has 1 fully saturated rings. The lowest BCUT2D eigenvalue weighted by Gasteiger charge is -2.35. The fourth-order valence-corrected chi connectivity index (χ4v) is 4.77. The Hall–Kier alpha value is -3.35. The highest BCUT2D eigenvalue weighted by Crippen LogP contribution is 2.44. The average molecular weight is 451 g/mol. The van der Waals surface area contributed by atoms with E-state index in [-0.39, 0.29) is 24.3 Å². The van der Waals surface area contributed by atoms with Gasteiger partial charge in [0.05, 0.1) is 5.92 Å². The zero-order valence-corrected chi connectivity index (χ0v) is 18.8. The molecule has 0 spiro atoms. The molecule has 7 nitrogen and oxygen atoms in total. The molecule has 2 amide bonds. The van der Waals surface area contributed by atoms with Crippen LogP contribution in [-0.4, -0.2) is 42.8 Å². The van der Waals surface area contributed by atoms with E-state index in [1.54, 1.807) is 6.92 Å². The number of carboxylic acids is 1. The number of benzene rings is 2. The maximum absolute atomic E-state index is 12.3. The molecule has 33 heavy (non-hydrogen) atoms. The van der Waals surface area contributed by atoms with Crippen LogP contribution >= 0.6 is 0 Å². The topological polar surface area (TPSA) is 105 Å². The second kappa shape index (κ2) is 10.1. The summed E-state index contributed by atoms with van der Waals surface area (Å²) in [5.41, 5.74) is 4.77. The van der Waals surface area contributed by atoms with Gasteiger partial charge in [-0.05, 0) is 46.9 Å². The van der Waals surface area contributed by atoms with Crippen molar-refractivity contribution in [2.45, 2.75) is 32.1 Å². The molecule has 0 bridgehead atoms. The van der Waals surface area contributed by atoms with Crippen LogP contribution in [0.5, 0.6) is 0 Å². The van der Waals surface area contributed by atoms with Gasteiger partial charge in [-0.1, -0.05) is 55.5 Å². The Morgan fingerprint density at radius 2 is 1.58 bits per heavy atom. The summed E-state index contributed by atoms with van der Waals surface area (Å²) in [6.45, 7) is 2.54. The lowest BCUT2D eigenvalue weighted by Crippen LogP contribution is -2.39. The molecule has 2 aromatic rings. The molecule has 174 valence electrons. The first kappa shape index (κ1) is 22.8. The molecule has 2 aromatic carbocycles. The molecule has 4 rings (SSSR count). The van der Waals surface area contributed by atoms with Crippen molar-refractivity contribution in [3.63, 3.8) is 0 Å². The van der Waals surface area contributed by atoms with E-state index in [9.17, 15) is 14.4 Å². The minimum atomic E-state index is -0.918. The predicted molar refractivity (Wildman–Crippen MR) is 124 cm³/mol. The van der Waals surface area contributed by atoms with Gasteiger partial charge in [-0.2, -0.15) is 0 Å². The highest BCUT2D eigenvalue weighted by atomic mass is 16.5. The van der Waals surface area contributed by atoms with Crippen molar-refractivity contribution in [3.05, 3.63) is 59.7 Å². The molecule has 3 N–H and O–H groups in total. The Morgan fingerprint density at radius 3 is 2.18 bits per heavy atom. The number of fused-ring (bicyclic) bond motifs is 3. The van der Waals surface area contributed by atoms with E-state index in [0.717, 1.165) is 12.8 Å². The number of carboxylic acid groups (broad SMARTS) is 1. The maximum Gasteiger partial charge on any atom is 0.407 e. The number of carbonyl (C=O) groups excluding carboxylic acids is 2. The minimum Gasteiger partial charge on any atom is -0.481 e. The number of ether oxygens (including phenoxy) is 1. The monoisotopic (exact) mass is 450 g/mol. The molecule has 2 aliphatic rings. The predicted octanol–water partition coefficient (Wildman–Crippen LogP) is 3.78. The van der Waals surface area contributed by atoms with E-state index in [0.29, 0.717) is 25.5 Å². The molecule has 0 heterocycles. The molecule has 1 unspecified atom stereocenters. The quantitative estimate of drug-likeness (QED) is 0.539. The van der Waals surface area contributed by atoms with Crippen LogP contribution in [0.1, 0.15) is 43.2 Å². The van der Waals surface area contributed by atoms with Crippen LogP contribution in [0.25, 0.3) is 11.1 Å². The number of alkyl carbamates (subject to hydrolysis) is 1. The lowest BCUT2D eigenvalue weighted by atomic mass is 9.73. The Bertz CT molecular complexity index is 985. The first-order chi connectivity index (χ1) is 15.9. The Balaban J connectivity index is 1.16. The number of hydrogen-bond donors (Lipinski definition) is 3. The van der Waals surface area contributed by atoms with E-state index in [2.05, 4.69) is 34.9 Å². The van der Waals surface area contributed by atoms with Gasteiger partial charge in [0.2, 0.25) is 5.91 Å². The van der Waals surface area contributed by atoms with Crippen molar-refractivity contribution in [1.29, 1.82) is 0 Å². The van der Waals surface area contributed by atoms with Gasteiger partial charge in [0, 0.05) is 25.4 Å². The summed E-state index contributed by atoms with van der Waals surface area (Å²) in [7, 11) is 0. The van der Waals surface area contributed by atoms with Crippen molar-refractivity contribution in [2.24, 2.45) is 17.8 Å². The zero-order valence-electron chi connectivity index (χ0n) is 18.8. The summed E-state index contributed by atoms with van der Waals surface area (Å²) < 4.78 is 5.56. The van der Waals surface area contributed by atoms with Crippen LogP contribution in [0, 0.1) is 17.8 Å². The van der Waals surface area contributed by atoms with E-state index in [1.165, 1.54) is 22.3 Å². The molecule has 1 atom stereocenters. The van der Waals surface area contributed by atoms with Gasteiger partial charge < -0.3 is 20.5 Å². The van der Waals surface area contributed by atoms with Gasteiger partial charge in [-0.15, -0.1) is 0 Å². The van der Waals surface area contributed by atoms with E-state index >= 15 is 0 Å². The van der Waals surface area contributed by atoms with Gasteiger partial charge >= 0.3 is 12.1 Å². The van der Waals surface area contributed by atoms with Crippen LogP contribution in [0.3, 0.4) is 0 Å². The van der Waals surface area contributed by atoms with Crippen LogP contribution in [0.15, 0.2) is 48.5 Å². The van der Waals surface area contributed by atoms with Crippen molar-refractivity contribution in [1.82, 2.24) is 10.6 Å². The Labute approximate surface area is 193 Å². The Morgan fingerprint density at radius 1 is 0.970 bits per heavy atom. The van der Waals surface area contributed by atoms with Crippen molar-refractivity contribution in [3.8, 4) is 11.1 Å². The van der Waals surface area contributed by atoms with E-state index < -0.39 is 18.0 Å². The summed E-state index contributed by atoms with van der Waals surface area (Å²) in [5, 5.41) is 14.4. The molecule has 0 aliphatic heterocycles. The summed E-state index contributed by atoms with van der Waals surface area (Å²) in [5.74, 6) is -0.974. The summed E-state index contributed by atoms with van der Waals surface area (Å²) in [4.78, 5) is 35.0. The van der Waals surface area contributed by atoms with Gasteiger partial charge in [-0.25, -0.2) is 4.79 Å². The fraction of sp³-hybridized carbons (Fsp3) is 0.423. The van der Waals surface area contributed by atoms with Crippen LogP contribution in [-0.2, 0) is 14.3 Å². The summed E-state index contributed by atoms with van der Waals surface area (Å²) in [6.07, 6.45) is 1.71. The number of rotatable bonds is 9. The van der Waals surface area contributed by atoms with Gasteiger partial charge in [-0.3, -0.25) is 9.59 Å². The molecule has 0 radical (unpaired) electrons. The molecule has 0 saturated heterocycles. The number of amides is 2. The van der Waals surface area contributed by atoms with Crippen LogP contribution < -0.4 is 10.6 Å². The van der Waals surface area contributed by atoms with Crippen molar-refractivity contribution in [2.75, 3.05) is 19.7 Å². The Kier molecular flexibility index (Phi) is 6.96. The van der Waals surface area contributed by atoms with Crippen LogP contribution in [0.2, 0.25) is 0 Å². The fourth-order valence-electron chi connectivity index (χ4n) is 4.77. The first-order valence-corrected chi connectivity index (χ1v) is 11.5. The third kappa shape index (κ3) is 5.35. The normalized spacial score (nSPS) is 19.5. The highest BCUT2D eigenvalue weighted by molar-refractivity contribution is 5.79. The smallest absolute Gasteiger partial charge is 0.407 e. The SMILES string of the molecule is CC(CNC(=O)CC1CC(CNC(=O)OCC2c3ccccc3-c3ccccc32)C1)C(=O)O. The number of carbonyl (C=O) groups is 3. The maximum atomic E-state index is 12.3. The standard InChI is InChI=1S/C26H30N2O5/c1-16(25(30)31)13-27-24(29)12-17-10-18(11-17)14-28-26(32)33-15-23-21-8-4-2-6-19(21)20-7-3-5-9-22(20)23/h2-9,16-18,23H,10-15H2,1H3,(H,27,29)(H,28,32)(H,30,31). The lowest BCUT2D eigenvalue weighted by molar-refractivity contribution is -0.141. The summed E-state index contributed by atoms with van der Waals surface area (Å²) >= 11 is 0. The zero-order chi connectivity index (χ0) is 23.4. The minimum absolute atomic E-state index is 0.0404. The van der Waals surface area contributed by atoms with Gasteiger partial charge in [0.15, 0.2) is 0 Å². The van der Waals surface area contributed by atoms with Crippen molar-refractivity contribution < 1.29 is 24.2 Å². The number of nitrogens with one attached hydrogen (secondary N) is 2. The largest absolute Gasteiger partial charge is 0.481 e.